The third-order valence-electron chi connectivity index (χ3n) is 6.27. The van der Waals surface area contributed by atoms with Gasteiger partial charge in [0.2, 0.25) is 5.91 Å². The minimum atomic E-state index is -4.43. The summed E-state index contributed by atoms with van der Waals surface area (Å²) < 4.78 is 40.1. The van der Waals surface area contributed by atoms with Gasteiger partial charge in [0.15, 0.2) is 22.1 Å². The first-order valence-electron chi connectivity index (χ1n) is 11.5. The fourth-order valence-corrected chi connectivity index (χ4v) is 4.99. The Labute approximate surface area is 207 Å². The van der Waals surface area contributed by atoms with Crippen LogP contribution < -0.4 is 10.6 Å². The molecule has 1 amide bonds. The number of hydrogen-bond acceptors (Lipinski definition) is 9. The molecule has 2 aromatic heterocycles. The second-order valence-electron chi connectivity index (χ2n) is 8.89. The number of carbonyl (C=O) groups is 1. The molecule has 0 saturated heterocycles. The number of carbonyl (C=O) groups excluding carboxylic acids is 1. The van der Waals surface area contributed by atoms with Crippen molar-refractivity contribution in [2.24, 2.45) is 5.92 Å². The Morgan fingerprint density at radius 1 is 1.17 bits per heavy atom. The van der Waals surface area contributed by atoms with Crippen molar-refractivity contribution in [2.45, 2.75) is 66.7 Å². The summed E-state index contributed by atoms with van der Waals surface area (Å²) in [6.07, 6.45) is -4.94. The quantitative estimate of drug-likeness (QED) is 0.344. The monoisotopic (exact) mass is 523 g/mol. The number of aliphatic hydroxyl groups is 2. The first kappa shape index (κ1) is 24.7. The van der Waals surface area contributed by atoms with Gasteiger partial charge in [-0.2, -0.15) is 13.2 Å². The molecule has 2 saturated carbocycles. The lowest BCUT2D eigenvalue weighted by molar-refractivity contribution is -0.137. The molecule has 0 spiro atoms. The zero-order valence-corrected chi connectivity index (χ0v) is 19.9. The van der Waals surface area contributed by atoms with Crippen molar-refractivity contribution >= 4 is 34.7 Å². The summed E-state index contributed by atoms with van der Waals surface area (Å²) in [4.78, 5) is 21.9. The largest absolute Gasteiger partial charge is 0.416 e. The SMILES string of the molecule is CCNC(=O)[C@H]1CC(n2nnc3c(NC4CC4)nc(Sc4ccc(C(F)(F)F)cc4)nc32)C(O)C1O. The predicted octanol–water partition coefficient (Wildman–Crippen LogP) is 2.38. The summed E-state index contributed by atoms with van der Waals surface area (Å²) in [5, 5.41) is 35.8. The van der Waals surface area contributed by atoms with Crippen molar-refractivity contribution in [1.29, 1.82) is 0 Å². The molecule has 10 nitrogen and oxygen atoms in total. The van der Waals surface area contributed by atoms with Gasteiger partial charge in [-0.15, -0.1) is 5.10 Å². The summed E-state index contributed by atoms with van der Waals surface area (Å²) in [7, 11) is 0. The average Bonchev–Trinajstić information content (AvgIpc) is 3.47. The van der Waals surface area contributed by atoms with Crippen molar-refractivity contribution < 1.29 is 28.2 Å². The van der Waals surface area contributed by atoms with Crippen LogP contribution in [0.1, 0.15) is 37.8 Å². The standard InChI is InChI=1S/C22H24F3N7O3S/c1-2-26-20(35)13-9-14(17(34)16(13)33)32-19-15(30-31-32)18(27-11-5-6-11)28-21(29-19)36-12-7-3-10(4-8-12)22(23,24)25/h3-4,7-8,11,13-14,16-17,33-34H,2,5-6,9H2,1H3,(H,26,35)(H,27,28,29)/t13-,14?,16?,17?/m0/s1. The first-order valence-corrected chi connectivity index (χ1v) is 12.4. The molecule has 4 atom stereocenters. The van der Waals surface area contributed by atoms with Gasteiger partial charge in [-0.1, -0.05) is 5.21 Å². The van der Waals surface area contributed by atoms with Crippen LogP contribution in [-0.2, 0) is 11.0 Å². The predicted molar refractivity (Wildman–Crippen MR) is 123 cm³/mol. The van der Waals surface area contributed by atoms with Gasteiger partial charge in [0.25, 0.3) is 0 Å². The number of aliphatic hydroxyl groups excluding tert-OH is 2. The van der Waals surface area contributed by atoms with Crippen LogP contribution in [0.25, 0.3) is 11.2 Å². The summed E-state index contributed by atoms with van der Waals surface area (Å²) >= 11 is 1.08. The van der Waals surface area contributed by atoms with E-state index in [1.165, 1.54) is 16.8 Å². The van der Waals surface area contributed by atoms with E-state index < -0.39 is 35.9 Å². The van der Waals surface area contributed by atoms with Gasteiger partial charge >= 0.3 is 6.18 Å². The summed E-state index contributed by atoms with van der Waals surface area (Å²) in [5.74, 6) is -0.757. The Hall–Kier alpha value is -2.97. The highest BCUT2D eigenvalue weighted by molar-refractivity contribution is 7.99. The smallest absolute Gasteiger partial charge is 0.390 e. The Balaban J connectivity index is 1.49. The maximum Gasteiger partial charge on any atom is 0.416 e. The maximum absolute atomic E-state index is 12.9. The lowest BCUT2D eigenvalue weighted by atomic mass is 10.0. The topological polar surface area (TPSA) is 138 Å². The minimum Gasteiger partial charge on any atom is -0.390 e. The Morgan fingerprint density at radius 2 is 1.89 bits per heavy atom. The second kappa shape index (κ2) is 9.48. The van der Waals surface area contributed by atoms with E-state index in [-0.39, 0.29) is 29.2 Å². The lowest BCUT2D eigenvalue weighted by Gasteiger charge is -2.17. The molecule has 2 aliphatic carbocycles. The molecule has 36 heavy (non-hydrogen) atoms. The van der Waals surface area contributed by atoms with Gasteiger partial charge in [-0.3, -0.25) is 4.79 Å². The number of rotatable bonds is 7. The van der Waals surface area contributed by atoms with E-state index in [1.807, 2.05) is 0 Å². The van der Waals surface area contributed by atoms with E-state index in [9.17, 15) is 28.2 Å². The van der Waals surface area contributed by atoms with Crippen LogP contribution in [0.3, 0.4) is 0 Å². The molecule has 5 rings (SSSR count). The van der Waals surface area contributed by atoms with Crippen LogP contribution in [0.4, 0.5) is 19.0 Å². The highest BCUT2D eigenvalue weighted by Crippen LogP contribution is 2.38. The number of fused-ring (bicyclic) bond motifs is 1. The molecule has 0 radical (unpaired) electrons. The molecular weight excluding hydrogens is 499 g/mol. The highest BCUT2D eigenvalue weighted by atomic mass is 32.2. The third-order valence-corrected chi connectivity index (χ3v) is 7.14. The first-order chi connectivity index (χ1) is 17.2. The number of halogens is 3. The molecule has 14 heteroatoms. The van der Waals surface area contributed by atoms with Crippen LogP contribution in [0.2, 0.25) is 0 Å². The van der Waals surface area contributed by atoms with Gasteiger partial charge in [-0.25, -0.2) is 14.6 Å². The normalized spacial score (nSPS) is 24.3. The van der Waals surface area contributed by atoms with E-state index in [1.54, 1.807) is 6.92 Å². The molecule has 3 aromatic rings. The van der Waals surface area contributed by atoms with Gasteiger partial charge < -0.3 is 20.8 Å². The third kappa shape index (κ3) is 4.84. The van der Waals surface area contributed by atoms with E-state index in [4.69, 9.17) is 0 Å². The number of nitrogens with one attached hydrogen (secondary N) is 2. The van der Waals surface area contributed by atoms with Gasteiger partial charge in [-0.05, 0) is 62.2 Å². The number of aromatic nitrogens is 5. The Bertz CT molecular complexity index is 1270. The number of alkyl halides is 3. The van der Waals surface area contributed by atoms with Gasteiger partial charge in [0, 0.05) is 17.5 Å². The fourth-order valence-electron chi connectivity index (χ4n) is 4.23. The summed E-state index contributed by atoms with van der Waals surface area (Å²) in [6, 6.07) is 4.14. The molecule has 2 aliphatic rings. The Morgan fingerprint density at radius 3 is 2.53 bits per heavy atom. The van der Waals surface area contributed by atoms with Crippen molar-refractivity contribution in [3.63, 3.8) is 0 Å². The molecular formula is C22H24F3N7O3S. The molecule has 0 bridgehead atoms. The molecule has 2 heterocycles. The van der Waals surface area contributed by atoms with Crippen LogP contribution in [0, 0.1) is 5.92 Å². The number of hydrogen-bond donors (Lipinski definition) is 4. The van der Waals surface area contributed by atoms with Crippen LogP contribution in [0.5, 0.6) is 0 Å². The van der Waals surface area contributed by atoms with Crippen molar-refractivity contribution in [1.82, 2.24) is 30.3 Å². The number of anilines is 1. The van der Waals surface area contributed by atoms with Crippen LogP contribution in [-0.4, -0.2) is 65.9 Å². The Kier molecular flexibility index (Phi) is 6.51. The summed E-state index contributed by atoms with van der Waals surface area (Å²) in [6.45, 7) is 2.16. The zero-order valence-electron chi connectivity index (χ0n) is 19.1. The van der Waals surface area contributed by atoms with Crippen LogP contribution >= 0.6 is 11.8 Å². The number of amides is 1. The number of nitrogens with zero attached hydrogens (tertiary/aromatic N) is 5. The second-order valence-corrected chi connectivity index (χ2v) is 9.93. The zero-order chi connectivity index (χ0) is 25.6. The van der Waals surface area contributed by atoms with Crippen molar-refractivity contribution in [3.8, 4) is 0 Å². The van der Waals surface area contributed by atoms with E-state index >= 15 is 0 Å². The molecule has 4 N–H and O–H groups in total. The molecule has 1 aromatic carbocycles. The van der Waals surface area contributed by atoms with Crippen molar-refractivity contribution in [3.05, 3.63) is 29.8 Å². The molecule has 192 valence electrons. The van der Waals surface area contributed by atoms with Gasteiger partial charge in [0.1, 0.15) is 6.10 Å². The average molecular weight is 524 g/mol. The molecule has 2 fully saturated rings. The van der Waals surface area contributed by atoms with Crippen LogP contribution in [0.15, 0.2) is 34.3 Å². The number of benzene rings is 1. The molecule has 0 aliphatic heterocycles. The lowest BCUT2D eigenvalue weighted by Crippen LogP contribution is -2.38. The van der Waals surface area contributed by atoms with E-state index in [2.05, 4.69) is 30.9 Å². The van der Waals surface area contributed by atoms with E-state index in [0.29, 0.717) is 22.8 Å². The summed E-state index contributed by atoms with van der Waals surface area (Å²) in [5.41, 5.74) is -0.103. The van der Waals surface area contributed by atoms with Crippen molar-refractivity contribution in [2.75, 3.05) is 11.9 Å². The maximum atomic E-state index is 12.9. The van der Waals surface area contributed by atoms with E-state index in [0.717, 1.165) is 36.7 Å². The highest BCUT2D eigenvalue weighted by Gasteiger charge is 2.47. The molecule has 3 unspecified atom stereocenters. The minimum absolute atomic E-state index is 0.128. The van der Waals surface area contributed by atoms with Gasteiger partial charge in [0.05, 0.1) is 23.6 Å². The fraction of sp³-hybridized carbons (Fsp3) is 0.500.